The second-order valence-corrected chi connectivity index (χ2v) is 5.59. The van der Waals surface area contributed by atoms with Gasteiger partial charge in [0.15, 0.2) is 11.6 Å². The van der Waals surface area contributed by atoms with Crippen LogP contribution in [0.4, 0.5) is 5.69 Å². The van der Waals surface area contributed by atoms with Gasteiger partial charge in [0.2, 0.25) is 0 Å². The van der Waals surface area contributed by atoms with Crippen molar-refractivity contribution in [3.05, 3.63) is 60.2 Å². The van der Waals surface area contributed by atoms with Crippen LogP contribution in [0.2, 0.25) is 0 Å². The molecule has 0 unspecified atom stereocenters. The molecule has 8 nitrogen and oxygen atoms in total. The number of nitrogens with zero attached hydrogens (tertiary/aromatic N) is 5. The van der Waals surface area contributed by atoms with Crippen LogP contribution in [-0.4, -0.2) is 42.1 Å². The number of amides is 1. The molecule has 0 aromatic carbocycles. The third-order valence-electron chi connectivity index (χ3n) is 4.06. The van der Waals surface area contributed by atoms with Gasteiger partial charge in [-0.2, -0.15) is 0 Å². The van der Waals surface area contributed by atoms with E-state index in [4.69, 9.17) is 0 Å². The molecule has 3 aromatic heterocycles. The van der Waals surface area contributed by atoms with E-state index in [-0.39, 0.29) is 5.91 Å². The Hall–Kier alpha value is -3.16. The van der Waals surface area contributed by atoms with E-state index in [0.29, 0.717) is 31.9 Å². The van der Waals surface area contributed by atoms with Gasteiger partial charge in [0.1, 0.15) is 5.69 Å². The summed E-state index contributed by atoms with van der Waals surface area (Å²) in [5, 5.41) is 11.8. The van der Waals surface area contributed by atoms with Gasteiger partial charge >= 0.3 is 0 Å². The molecule has 1 aliphatic rings. The summed E-state index contributed by atoms with van der Waals surface area (Å²) in [5.41, 5.74) is 1.54. The Bertz CT molecular complexity index is 826. The third kappa shape index (κ3) is 2.73. The van der Waals surface area contributed by atoms with E-state index in [1.807, 2.05) is 18.2 Å². The number of hydrogen-bond donors (Lipinski definition) is 2. The third-order valence-corrected chi connectivity index (χ3v) is 4.06. The summed E-state index contributed by atoms with van der Waals surface area (Å²) >= 11 is 0. The molecule has 122 valence electrons. The zero-order valence-electron chi connectivity index (χ0n) is 13.0. The number of anilines is 1. The first-order chi connectivity index (χ1) is 11.8. The Morgan fingerprint density at radius 1 is 1.25 bits per heavy atom. The highest BCUT2D eigenvalue weighted by atomic mass is 16.2. The number of nitrogens with one attached hydrogen (secondary N) is 2. The first-order valence-electron chi connectivity index (χ1n) is 7.79. The van der Waals surface area contributed by atoms with Crippen LogP contribution in [0.5, 0.6) is 0 Å². The molecule has 0 spiro atoms. The smallest absolute Gasteiger partial charge is 0.270 e. The fourth-order valence-electron chi connectivity index (χ4n) is 2.80. The van der Waals surface area contributed by atoms with Crippen LogP contribution >= 0.6 is 0 Å². The number of pyridine rings is 1. The fraction of sp³-hybridized carbons (Fsp3) is 0.250. The van der Waals surface area contributed by atoms with Crippen molar-refractivity contribution in [3.8, 4) is 0 Å². The molecule has 4 heterocycles. The maximum Gasteiger partial charge on any atom is 0.270 e. The Morgan fingerprint density at radius 3 is 3.00 bits per heavy atom. The predicted octanol–water partition coefficient (Wildman–Crippen LogP) is 1.27. The van der Waals surface area contributed by atoms with Gasteiger partial charge in [0.25, 0.3) is 5.91 Å². The van der Waals surface area contributed by atoms with Crippen molar-refractivity contribution in [2.24, 2.45) is 0 Å². The average molecular weight is 323 g/mol. The van der Waals surface area contributed by atoms with E-state index in [1.165, 1.54) is 0 Å². The molecule has 8 heteroatoms. The quantitative estimate of drug-likeness (QED) is 0.754. The van der Waals surface area contributed by atoms with Crippen LogP contribution in [0.3, 0.4) is 0 Å². The minimum atomic E-state index is -0.00992. The lowest BCUT2D eigenvalue weighted by molar-refractivity contribution is 0.0701. The second-order valence-electron chi connectivity index (χ2n) is 5.59. The minimum Gasteiger partial charge on any atom is -0.376 e. The van der Waals surface area contributed by atoms with Crippen LogP contribution in [0.1, 0.15) is 22.1 Å². The molecule has 0 saturated heterocycles. The summed E-state index contributed by atoms with van der Waals surface area (Å²) in [4.78, 5) is 21.2. The van der Waals surface area contributed by atoms with Crippen LogP contribution in [0.25, 0.3) is 0 Å². The fourth-order valence-corrected chi connectivity index (χ4v) is 2.80. The lowest BCUT2D eigenvalue weighted by Gasteiger charge is -2.27. The van der Waals surface area contributed by atoms with Gasteiger partial charge in [-0.1, -0.05) is 0 Å². The normalized spacial score (nSPS) is 13.6. The number of rotatable bonds is 4. The van der Waals surface area contributed by atoms with Crippen molar-refractivity contribution in [2.75, 3.05) is 11.9 Å². The van der Waals surface area contributed by atoms with Crippen LogP contribution in [-0.2, 0) is 19.6 Å². The number of aromatic amines is 1. The molecular formula is C16H17N7O. The highest BCUT2D eigenvalue weighted by molar-refractivity contribution is 5.92. The Kier molecular flexibility index (Phi) is 3.70. The molecule has 1 aliphatic heterocycles. The Morgan fingerprint density at radius 2 is 2.21 bits per heavy atom. The van der Waals surface area contributed by atoms with E-state index in [9.17, 15) is 4.79 Å². The highest BCUT2D eigenvalue weighted by Crippen LogP contribution is 2.15. The molecule has 0 fully saturated rings. The van der Waals surface area contributed by atoms with Crippen molar-refractivity contribution in [1.29, 1.82) is 0 Å². The maximum atomic E-state index is 12.4. The van der Waals surface area contributed by atoms with Gasteiger partial charge in [-0.15, -0.1) is 10.2 Å². The first-order valence-corrected chi connectivity index (χ1v) is 7.79. The SMILES string of the molecule is O=C(c1ccc[nH]1)N1CCn2c(CNc3cccnc3)nnc2C1. The number of hydrogen-bond acceptors (Lipinski definition) is 5. The van der Waals surface area contributed by atoms with Gasteiger partial charge in [0, 0.05) is 31.7 Å². The zero-order valence-corrected chi connectivity index (χ0v) is 13.0. The van der Waals surface area contributed by atoms with Crippen LogP contribution < -0.4 is 5.32 Å². The summed E-state index contributed by atoms with van der Waals surface area (Å²) in [5.74, 6) is 1.66. The van der Waals surface area contributed by atoms with Gasteiger partial charge < -0.3 is 19.8 Å². The summed E-state index contributed by atoms with van der Waals surface area (Å²) in [6.45, 7) is 2.38. The molecule has 0 bridgehead atoms. The van der Waals surface area contributed by atoms with E-state index >= 15 is 0 Å². The topological polar surface area (TPSA) is 91.7 Å². The molecule has 0 saturated carbocycles. The summed E-state index contributed by atoms with van der Waals surface area (Å²) in [6, 6.07) is 7.44. The van der Waals surface area contributed by atoms with Gasteiger partial charge in [-0.05, 0) is 24.3 Å². The predicted molar refractivity (Wildman–Crippen MR) is 87.1 cm³/mol. The van der Waals surface area contributed by atoms with Crippen molar-refractivity contribution in [1.82, 2.24) is 29.6 Å². The molecule has 3 aromatic rings. The number of aromatic nitrogens is 5. The van der Waals surface area contributed by atoms with Gasteiger partial charge in [-0.3, -0.25) is 9.78 Å². The number of H-pyrrole nitrogens is 1. The average Bonchev–Trinajstić information content (AvgIpc) is 3.30. The molecule has 2 N–H and O–H groups in total. The first kappa shape index (κ1) is 14.4. The molecule has 1 amide bonds. The maximum absolute atomic E-state index is 12.4. The number of carbonyl (C=O) groups excluding carboxylic acids is 1. The lowest BCUT2D eigenvalue weighted by Crippen LogP contribution is -2.39. The van der Waals surface area contributed by atoms with Crippen LogP contribution in [0, 0.1) is 0 Å². The largest absolute Gasteiger partial charge is 0.376 e. The van der Waals surface area contributed by atoms with Crippen molar-refractivity contribution >= 4 is 11.6 Å². The van der Waals surface area contributed by atoms with E-state index in [2.05, 4.69) is 30.0 Å². The van der Waals surface area contributed by atoms with Crippen molar-refractivity contribution < 1.29 is 4.79 Å². The molecule has 0 atom stereocenters. The minimum absolute atomic E-state index is 0.00992. The van der Waals surface area contributed by atoms with Gasteiger partial charge in [-0.25, -0.2) is 0 Å². The number of fused-ring (bicyclic) bond motifs is 1. The van der Waals surface area contributed by atoms with E-state index in [1.54, 1.807) is 29.6 Å². The second kappa shape index (κ2) is 6.15. The lowest BCUT2D eigenvalue weighted by atomic mass is 10.3. The standard InChI is InChI=1S/C16H17N7O/c24-16(13-4-2-6-18-13)22-7-8-23-14(20-21-15(23)11-22)10-19-12-3-1-5-17-9-12/h1-6,9,18-19H,7-8,10-11H2. The zero-order chi connectivity index (χ0) is 16.4. The van der Waals surface area contributed by atoms with Gasteiger partial charge in [0.05, 0.1) is 18.8 Å². The molecule has 24 heavy (non-hydrogen) atoms. The van der Waals surface area contributed by atoms with Crippen molar-refractivity contribution in [3.63, 3.8) is 0 Å². The number of carbonyl (C=O) groups is 1. The Labute approximate surface area is 138 Å². The highest BCUT2D eigenvalue weighted by Gasteiger charge is 2.25. The van der Waals surface area contributed by atoms with Crippen LogP contribution in [0.15, 0.2) is 42.9 Å². The summed E-state index contributed by atoms with van der Waals surface area (Å²) < 4.78 is 2.07. The molecule has 4 rings (SSSR count). The molecule has 0 aliphatic carbocycles. The van der Waals surface area contributed by atoms with E-state index < -0.39 is 0 Å². The summed E-state index contributed by atoms with van der Waals surface area (Å²) in [7, 11) is 0. The Balaban J connectivity index is 1.44. The molecular weight excluding hydrogens is 306 g/mol. The van der Waals surface area contributed by atoms with Crippen molar-refractivity contribution in [2.45, 2.75) is 19.6 Å². The van der Waals surface area contributed by atoms with E-state index in [0.717, 1.165) is 17.3 Å². The molecule has 0 radical (unpaired) electrons. The summed E-state index contributed by atoms with van der Waals surface area (Å²) in [6.07, 6.45) is 5.26. The monoisotopic (exact) mass is 323 g/mol.